The Morgan fingerprint density at radius 1 is 1.38 bits per heavy atom. The molecule has 3 aliphatic rings. The van der Waals surface area contributed by atoms with Crippen LogP contribution >= 0.6 is 22.9 Å². The Kier molecular flexibility index (Phi) is 8.18. The third-order valence-corrected chi connectivity index (χ3v) is 8.56. The highest BCUT2D eigenvalue weighted by atomic mass is 35.5. The molecule has 40 heavy (non-hydrogen) atoms. The second kappa shape index (κ2) is 11.5. The van der Waals surface area contributed by atoms with Gasteiger partial charge in [0.1, 0.15) is 11.9 Å². The van der Waals surface area contributed by atoms with Crippen LogP contribution in [0.3, 0.4) is 0 Å². The van der Waals surface area contributed by atoms with Crippen molar-refractivity contribution in [3.63, 3.8) is 0 Å². The number of thiazole rings is 1. The summed E-state index contributed by atoms with van der Waals surface area (Å²) in [6.45, 7) is -0.292. The van der Waals surface area contributed by atoms with Crippen molar-refractivity contribution < 1.29 is 37.3 Å². The molecule has 5 atom stereocenters. The van der Waals surface area contributed by atoms with Gasteiger partial charge in [0.15, 0.2) is 22.7 Å². The van der Waals surface area contributed by atoms with Crippen molar-refractivity contribution in [3.8, 4) is 0 Å². The number of hydrogen-bond acceptors (Lipinski definition) is 9. The van der Waals surface area contributed by atoms with E-state index in [4.69, 9.17) is 26.2 Å². The van der Waals surface area contributed by atoms with Gasteiger partial charge in [-0.2, -0.15) is 0 Å². The molecule has 0 aliphatic carbocycles. The van der Waals surface area contributed by atoms with Crippen LogP contribution in [0.5, 0.6) is 0 Å². The van der Waals surface area contributed by atoms with E-state index in [9.17, 15) is 14.0 Å². The number of ether oxygens (including phenoxy) is 2. The molecule has 2 saturated heterocycles. The number of rotatable bonds is 9. The predicted molar refractivity (Wildman–Crippen MR) is 140 cm³/mol. The molecule has 5 unspecified atom stereocenters. The molecule has 0 amide bonds. The number of hydrogen-bond donors (Lipinski definition) is 2. The van der Waals surface area contributed by atoms with Crippen LogP contribution in [0.1, 0.15) is 35.9 Å². The van der Waals surface area contributed by atoms with Gasteiger partial charge in [-0.3, -0.25) is 14.7 Å². The smallest absolute Gasteiger partial charge is 0.338 e. The van der Waals surface area contributed by atoms with Gasteiger partial charge in [0.25, 0.3) is 0 Å². The number of carbonyl (C=O) groups excluding carboxylic acids is 1. The molecule has 9 nitrogen and oxygen atoms in total. The van der Waals surface area contributed by atoms with E-state index in [1.54, 1.807) is 16.5 Å². The third kappa shape index (κ3) is 5.22. The topological polar surface area (TPSA) is 113 Å². The number of carboxylic acids is 1. The first-order valence-electron chi connectivity index (χ1n) is 12.5. The number of halogens is 4. The Morgan fingerprint density at radius 3 is 2.85 bits per heavy atom. The Bertz CT molecular complexity index is 1360. The lowest BCUT2D eigenvalue weighted by atomic mass is 9.88. The molecule has 2 N–H and O–H groups in total. The average molecular weight is 599 g/mol. The average Bonchev–Trinajstić information content (AvgIpc) is 3.49. The third-order valence-electron chi connectivity index (χ3n) is 7.46. The quantitative estimate of drug-likeness (QED) is 0.419. The summed E-state index contributed by atoms with van der Waals surface area (Å²) in [5.41, 5.74) is -1.69. The number of aliphatic carboxylic acids is 1. The zero-order valence-electron chi connectivity index (χ0n) is 21.3. The molecule has 0 spiro atoms. The van der Waals surface area contributed by atoms with Crippen LogP contribution in [0.15, 0.2) is 46.0 Å². The molecule has 2 fully saturated rings. The van der Waals surface area contributed by atoms with Crippen molar-refractivity contribution in [1.29, 1.82) is 0 Å². The van der Waals surface area contributed by atoms with E-state index in [1.807, 2.05) is 0 Å². The van der Waals surface area contributed by atoms with Crippen molar-refractivity contribution in [2.24, 2.45) is 4.99 Å². The van der Waals surface area contributed by atoms with Crippen LogP contribution in [0.25, 0.3) is 0 Å². The summed E-state index contributed by atoms with van der Waals surface area (Å²) in [7, 11) is 1.20. The molecular formula is C26H26ClF3N4O5S. The minimum Gasteiger partial charge on any atom is -0.481 e. The highest BCUT2D eigenvalue weighted by Gasteiger charge is 2.62. The van der Waals surface area contributed by atoms with Crippen LogP contribution in [-0.4, -0.2) is 83.6 Å². The largest absolute Gasteiger partial charge is 0.481 e. The van der Waals surface area contributed by atoms with E-state index in [2.05, 4.69) is 15.3 Å². The molecular weight excluding hydrogens is 573 g/mol. The first-order valence-corrected chi connectivity index (χ1v) is 13.8. The number of nitrogens with one attached hydrogen (secondary N) is 1. The normalized spacial score (nSPS) is 28.3. The van der Waals surface area contributed by atoms with Gasteiger partial charge in [-0.1, -0.05) is 17.7 Å². The number of aromatic nitrogens is 1. The Balaban J connectivity index is 1.56. The fourth-order valence-electron chi connectivity index (χ4n) is 5.59. The van der Waals surface area contributed by atoms with E-state index in [-0.39, 0.29) is 55.3 Å². The number of benzene rings is 1. The van der Waals surface area contributed by atoms with Gasteiger partial charge in [-0.25, -0.2) is 22.9 Å². The molecule has 4 heterocycles. The molecule has 1 aromatic carbocycles. The summed E-state index contributed by atoms with van der Waals surface area (Å²) >= 11 is 7.67. The summed E-state index contributed by atoms with van der Waals surface area (Å²) in [6, 6.07) is 0.691. The number of carbonyl (C=O) groups is 2. The number of carboxylic acid groups (broad SMARTS) is 1. The number of methoxy groups -OCH3 is 1. The molecule has 14 heteroatoms. The second-order valence-corrected chi connectivity index (χ2v) is 11.1. The van der Waals surface area contributed by atoms with E-state index in [1.165, 1.54) is 30.6 Å². The van der Waals surface area contributed by atoms with Gasteiger partial charge in [0.05, 0.1) is 38.0 Å². The van der Waals surface area contributed by atoms with Gasteiger partial charge in [0, 0.05) is 40.8 Å². The first-order chi connectivity index (χ1) is 19.1. The van der Waals surface area contributed by atoms with E-state index >= 15 is 8.78 Å². The van der Waals surface area contributed by atoms with Crippen molar-refractivity contribution in [3.05, 3.63) is 62.5 Å². The van der Waals surface area contributed by atoms with Crippen molar-refractivity contribution >= 4 is 40.7 Å². The number of nitrogens with zero attached hydrogens (tertiary/aromatic N) is 3. The van der Waals surface area contributed by atoms with E-state index in [0.29, 0.717) is 16.4 Å². The number of alkyl halides is 2. The lowest BCUT2D eigenvalue weighted by Gasteiger charge is -2.38. The number of amidine groups is 1. The summed E-state index contributed by atoms with van der Waals surface area (Å²) in [4.78, 5) is 34.8. The number of aliphatic imine (C=N–C) groups is 1. The van der Waals surface area contributed by atoms with Crippen molar-refractivity contribution in [1.82, 2.24) is 15.2 Å². The Morgan fingerprint density at radius 2 is 2.17 bits per heavy atom. The molecule has 1 aromatic heterocycles. The van der Waals surface area contributed by atoms with Crippen LogP contribution in [-0.2, 0) is 19.1 Å². The highest BCUT2D eigenvalue weighted by molar-refractivity contribution is 7.11. The number of fused-ring (bicyclic) bond motifs is 2. The van der Waals surface area contributed by atoms with Crippen LogP contribution < -0.4 is 5.32 Å². The Hall–Kier alpha value is -3.00. The maximum atomic E-state index is 16.3. The van der Waals surface area contributed by atoms with Crippen LogP contribution in [0.4, 0.5) is 13.2 Å². The zero-order chi connectivity index (χ0) is 28.6. The number of morpholine rings is 1. The zero-order valence-corrected chi connectivity index (χ0v) is 22.9. The summed E-state index contributed by atoms with van der Waals surface area (Å²) in [6.07, 6.45) is -0.979. The highest BCUT2D eigenvalue weighted by Crippen LogP contribution is 2.46. The SMILES string of the molecule is COC(=O)C1=C(CN2C3COCC2C(F)(CCCC(=O)O)C3F)NC(c2nccs2)=NC1c1ccc(F)cc1Cl. The maximum Gasteiger partial charge on any atom is 0.338 e. The molecule has 5 rings (SSSR count). The number of esters is 1. The predicted octanol–water partition coefficient (Wildman–Crippen LogP) is 3.84. The van der Waals surface area contributed by atoms with E-state index < -0.39 is 47.7 Å². The minimum absolute atomic E-state index is 0.0337. The van der Waals surface area contributed by atoms with Gasteiger partial charge >= 0.3 is 11.9 Å². The lowest BCUT2D eigenvalue weighted by Crippen LogP contribution is -2.52. The van der Waals surface area contributed by atoms with Crippen LogP contribution in [0.2, 0.25) is 5.02 Å². The van der Waals surface area contributed by atoms with Gasteiger partial charge in [0.2, 0.25) is 0 Å². The van der Waals surface area contributed by atoms with Gasteiger partial charge < -0.3 is 19.9 Å². The van der Waals surface area contributed by atoms with E-state index in [0.717, 1.165) is 6.07 Å². The molecule has 3 aliphatic heterocycles. The molecule has 2 aromatic rings. The summed E-state index contributed by atoms with van der Waals surface area (Å²) in [5.74, 6) is -2.11. The lowest BCUT2D eigenvalue weighted by molar-refractivity contribution is -0.138. The maximum absolute atomic E-state index is 16.3. The van der Waals surface area contributed by atoms with Gasteiger partial charge in [-0.05, 0) is 25.0 Å². The second-order valence-electron chi connectivity index (χ2n) is 9.76. The monoisotopic (exact) mass is 598 g/mol. The Labute approximate surface area is 236 Å². The van der Waals surface area contributed by atoms with Crippen LogP contribution in [0, 0.1) is 5.82 Å². The standard InChI is InChI=1S/C26H26ClF3N4O5S/c1-38-25(37)20-16(10-34-17-11-39-12-18(34)26(30,22(17)29)6-2-3-19(35)36)32-23(24-31-7-8-40-24)33-21(20)14-5-4-13(28)9-15(14)27/h4-5,7-9,17-18,21-22H,2-3,6,10-12H2,1H3,(H,32,33)(H,35,36). The summed E-state index contributed by atoms with van der Waals surface area (Å²) in [5, 5.41) is 14.4. The van der Waals surface area contributed by atoms with Crippen molar-refractivity contribution in [2.45, 2.75) is 49.2 Å². The molecule has 2 bridgehead atoms. The first kappa shape index (κ1) is 28.5. The summed E-state index contributed by atoms with van der Waals surface area (Å²) < 4.78 is 56.4. The van der Waals surface area contributed by atoms with Gasteiger partial charge in [-0.15, -0.1) is 11.3 Å². The van der Waals surface area contributed by atoms with Crippen molar-refractivity contribution in [2.75, 3.05) is 26.9 Å². The fraction of sp³-hybridized carbons (Fsp3) is 0.462. The molecule has 0 saturated carbocycles. The fourth-order valence-corrected chi connectivity index (χ4v) is 6.44. The molecule has 214 valence electrons. The minimum atomic E-state index is -2.34. The molecule has 0 radical (unpaired) electrons.